The molecule has 0 aliphatic carbocycles. The number of hydrogen-bond acceptors (Lipinski definition) is 1. The quantitative estimate of drug-likeness (QED) is 0.626. The summed E-state index contributed by atoms with van der Waals surface area (Å²) < 4.78 is 0. The van der Waals surface area contributed by atoms with Gasteiger partial charge in [0.25, 0.3) is 0 Å². The van der Waals surface area contributed by atoms with Crippen molar-refractivity contribution in [1.29, 1.82) is 0 Å². The molecular weight excluding hydrogens is 124 g/mol. The van der Waals surface area contributed by atoms with Crippen LogP contribution < -0.4 is 0 Å². The zero-order chi connectivity index (χ0) is 7.56. The molecule has 1 rings (SSSR count). The Bertz CT molecular complexity index is 216. The minimum atomic E-state index is 0.243. The normalized spacial score (nSPS) is 10.3. The third kappa shape index (κ3) is 1.50. The van der Waals surface area contributed by atoms with Crippen LogP contribution in [-0.2, 0) is 0 Å². The van der Waals surface area contributed by atoms with Crippen molar-refractivity contribution >= 4 is 0 Å². The van der Waals surface area contributed by atoms with Crippen molar-refractivity contribution in [3.63, 3.8) is 0 Å². The molecule has 1 aromatic rings. The largest absolute Gasteiger partial charge is 0.508 e. The van der Waals surface area contributed by atoms with Crippen LogP contribution in [-0.4, -0.2) is 5.11 Å². The van der Waals surface area contributed by atoms with Gasteiger partial charge in [-0.05, 0) is 30.5 Å². The summed E-state index contributed by atoms with van der Waals surface area (Å²) in [6.07, 6.45) is 0. The second-order valence-corrected chi connectivity index (χ2v) is 2.50. The van der Waals surface area contributed by atoms with Gasteiger partial charge in [-0.15, -0.1) is 0 Å². The molecular formula is C9H11O. The molecule has 0 saturated carbocycles. The van der Waals surface area contributed by atoms with E-state index in [1.54, 1.807) is 12.1 Å². The topological polar surface area (TPSA) is 20.2 Å². The fraction of sp³-hybridized carbons (Fsp3) is 0.222. The molecule has 1 nitrogen and oxygen atoms in total. The molecule has 0 saturated heterocycles. The van der Waals surface area contributed by atoms with E-state index in [9.17, 15) is 0 Å². The van der Waals surface area contributed by atoms with E-state index >= 15 is 0 Å². The zero-order valence-electron chi connectivity index (χ0n) is 6.04. The molecule has 0 aliphatic rings. The second-order valence-electron chi connectivity index (χ2n) is 2.50. The van der Waals surface area contributed by atoms with Crippen molar-refractivity contribution in [1.82, 2.24) is 0 Å². The van der Waals surface area contributed by atoms with Gasteiger partial charge < -0.3 is 5.11 Å². The third-order valence-corrected chi connectivity index (χ3v) is 1.44. The summed E-state index contributed by atoms with van der Waals surface area (Å²) in [5.74, 6) is 0.556. The van der Waals surface area contributed by atoms with Gasteiger partial charge in [0, 0.05) is 0 Å². The maximum Gasteiger partial charge on any atom is 0.115 e. The Hall–Kier alpha value is -0.980. The first-order valence-corrected chi connectivity index (χ1v) is 3.32. The predicted molar refractivity (Wildman–Crippen MR) is 41.9 cm³/mol. The maximum atomic E-state index is 9.03. The Labute approximate surface area is 61.3 Å². The van der Waals surface area contributed by atoms with E-state index < -0.39 is 0 Å². The lowest BCUT2D eigenvalue weighted by molar-refractivity contribution is 0.474. The van der Waals surface area contributed by atoms with Crippen molar-refractivity contribution < 1.29 is 5.11 Å². The van der Waals surface area contributed by atoms with Gasteiger partial charge in [0.15, 0.2) is 0 Å². The van der Waals surface area contributed by atoms with Gasteiger partial charge in [-0.1, -0.05) is 19.1 Å². The minimum absolute atomic E-state index is 0.243. The second kappa shape index (κ2) is 2.74. The van der Waals surface area contributed by atoms with E-state index in [1.165, 1.54) is 0 Å². The van der Waals surface area contributed by atoms with E-state index in [0.29, 0.717) is 5.75 Å². The first-order chi connectivity index (χ1) is 4.70. The van der Waals surface area contributed by atoms with E-state index in [1.807, 2.05) is 19.1 Å². The first kappa shape index (κ1) is 7.13. The highest BCUT2D eigenvalue weighted by molar-refractivity contribution is 5.29. The lowest BCUT2D eigenvalue weighted by Gasteiger charge is -2.03. The summed E-state index contributed by atoms with van der Waals surface area (Å²) >= 11 is 0. The molecule has 1 atom stereocenters. The number of benzene rings is 1. The van der Waals surface area contributed by atoms with Crippen LogP contribution in [0.5, 0.6) is 5.75 Å². The van der Waals surface area contributed by atoms with Gasteiger partial charge in [-0.25, -0.2) is 0 Å². The monoisotopic (exact) mass is 135 g/mol. The summed E-state index contributed by atoms with van der Waals surface area (Å²) in [5.41, 5.74) is 1.07. The molecule has 0 aromatic heterocycles. The van der Waals surface area contributed by atoms with Gasteiger partial charge in [0.1, 0.15) is 5.75 Å². The Morgan fingerprint density at radius 3 is 2.60 bits per heavy atom. The molecule has 1 aromatic carbocycles. The first-order valence-electron chi connectivity index (χ1n) is 3.32. The zero-order valence-corrected chi connectivity index (χ0v) is 6.04. The van der Waals surface area contributed by atoms with Crippen LogP contribution in [0.4, 0.5) is 0 Å². The minimum Gasteiger partial charge on any atom is -0.508 e. The number of rotatable bonds is 1. The summed E-state index contributed by atoms with van der Waals surface area (Å²) in [7, 11) is 0. The number of phenols is 1. The van der Waals surface area contributed by atoms with Crippen molar-refractivity contribution in [2.75, 3.05) is 0 Å². The Morgan fingerprint density at radius 2 is 2.20 bits per heavy atom. The van der Waals surface area contributed by atoms with Crippen molar-refractivity contribution in [2.24, 2.45) is 0 Å². The van der Waals surface area contributed by atoms with Crippen molar-refractivity contribution in [2.45, 2.75) is 12.8 Å². The molecule has 0 aliphatic heterocycles. The molecule has 0 heterocycles. The Morgan fingerprint density at radius 1 is 1.50 bits per heavy atom. The number of hydrogen-bond donors (Lipinski definition) is 1. The van der Waals surface area contributed by atoms with E-state index in [4.69, 9.17) is 5.11 Å². The molecule has 1 heteroatoms. The van der Waals surface area contributed by atoms with Crippen LogP contribution in [0.25, 0.3) is 0 Å². The molecule has 1 unspecified atom stereocenters. The van der Waals surface area contributed by atoms with E-state index in [2.05, 4.69) is 6.92 Å². The molecule has 53 valence electrons. The number of aromatic hydroxyl groups is 1. The molecule has 0 bridgehead atoms. The highest BCUT2D eigenvalue weighted by Crippen LogP contribution is 2.17. The van der Waals surface area contributed by atoms with Crippen LogP contribution in [0, 0.1) is 6.92 Å². The van der Waals surface area contributed by atoms with Crippen LogP contribution in [0.15, 0.2) is 24.3 Å². The van der Waals surface area contributed by atoms with E-state index in [0.717, 1.165) is 5.56 Å². The van der Waals surface area contributed by atoms with Gasteiger partial charge in [-0.3, -0.25) is 0 Å². The summed E-state index contributed by atoms with van der Waals surface area (Å²) in [4.78, 5) is 0. The average Bonchev–Trinajstić information content (AvgIpc) is 1.88. The highest BCUT2D eigenvalue weighted by Gasteiger charge is 1.97. The smallest absolute Gasteiger partial charge is 0.115 e. The van der Waals surface area contributed by atoms with Gasteiger partial charge in [0.2, 0.25) is 0 Å². The van der Waals surface area contributed by atoms with Crippen molar-refractivity contribution in [3.05, 3.63) is 36.8 Å². The number of phenolic OH excluding ortho intramolecular Hbond substituents is 1. The summed E-state index contributed by atoms with van der Waals surface area (Å²) in [6.45, 7) is 5.83. The van der Waals surface area contributed by atoms with Gasteiger partial charge in [0.05, 0.1) is 0 Å². The molecule has 10 heavy (non-hydrogen) atoms. The van der Waals surface area contributed by atoms with Crippen molar-refractivity contribution in [3.8, 4) is 5.75 Å². The molecule has 0 amide bonds. The fourth-order valence-electron chi connectivity index (χ4n) is 0.831. The Balaban J connectivity index is 2.96. The average molecular weight is 135 g/mol. The molecule has 0 spiro atoms. The van der Waals surface area contributed by atoms with Gasteiger partial charge in [-0.2, -0.15) is 0 Å². The molecule has 0 fully saturated rings. The Kier molecular flexibility index (Phi) is 1.95. The highest BCUT2D eigenvalue weighted by atomic mass is 16.3. The van der Waals surface area contributed by atoms with Crippen LogP contribution in [0.1, 0.15) is 18.4 Å². The van der Waals surface area contributed by atoms with E-state index in [-0.39, 0.29) is 5.92 Å². The fourth-order valence-corrected chi connectivity index (χ4v) is 0.831. The summed E-state index contributed by atoms with van der Waals surface area (Å²) in [5, 5.41) is 9.03. The van der Waals surface area contributed by atoms with Gasteiger partial charge >= 0.3 is 0 Å². The van der Waals surface area contributed by atoms with Crippen LogP contribution in [0.2, 0.25) is 0 Å². The lowest BCUT2D eigenvalue weighted by atomic mass is 10.0. The maximum absolute atomic E-state index is 9.03. The third-order valence-electron chi connectivity index (χ3n) is 1.44. The predicted octanol–water partition coefficient (Wildman–Crippen LogP) is 2.33. The SMILES string of the molecule is [CH2]C(C)c1cccc(O)c1. The van der Waals surface area contributed by atoms with Crippen LogP contribution >= 0.6 is 0 Å². The molecule has 1 N–H and O–H groups in total. The standard InChI is InChI=1S/C9H11O/c1-7(2)8-4-3-5-9(10)6-8/h3-7,10H,1H2,2H3. The molecule has 1 radical (unpaired) electrons. The lowest BCUT2D eigenvalue weighted by Crippen LogP contribution is -1.84. The van der Waals surface area contributed by atoms with Crippen LogP contribution in [0.3, 0.4) is 0 Å². The summed E-state index contributed by atoms with van der Waals surface area (Å²) in [6, 6.07) is 7.17.